The number of nitrogens with zero attached hydrogens (tertiary/aromatic N) is 1. The van der Waals surface area contributed by atoms with Crippen molar-refractivity contribution in [1.82, 2.24) is 4.90 Å². The van der Waals surface area contributed by atoms with Crippen LogP contribution in [0.25, 0.3) is 0 Å². The molecule has 19 heavy (non-hydrogen) atoms. The summed E-state index contributed by atoms with van der Waals surface area (Å²) in [5.41, 5.74) is 7.27. The van der Waals surface area contributed by atoms with Crippen LogP contribution in [0.1, 0.15) is 44.7 Å². The standard InChI is InChI=1S/C15H22ClFN2/c1-10(2)19-8-4-3-5-14(18)15(19)11-6-7-12(16)13(17)9-11/h6-7,9-10,14-15H,3-5,8,18H2,1-2H3. The maximum absolute atomic E-state index is 13.7. The van der Waals surface area contributed by atoms with Gasteiger partial charge in [-0.25, -0.2) is 4.39 Å². The van der Waals surface area contributed by atoms with Gasteiger partial charge in [0, 0.05) is 12.1 Å². The highest BCUT2D eigenvalue weighted by molar-refractivity contribution is 6.30. The van der Waals surface area contributed by atoms with Crippen LogP contribution in [0.15, 0.2) is 18.2 Å². The van der Waals surface area contributed by atoms with Crippen molar-refractivity contribution in [3.63, 3.8) is 0 Å². The second-order valence-corrected chi connectivity index (χ2v) is 6.02. The lowest BCUT2D eigenvalue weighted by Gasteiger charge is -2.36. The molecule has 0 bridgehead atoms. The van der Waals surface area contributed by atoms with Crippen molar-refractivity contribution in [2.24, 2.45) is 5.73 Å². The van der Waals surface area contributed by atoms with Gasteiger partial charge >= 0.3 is 0 Å². The molecule has 0 amide bonds. The molecule has 0 aromatic heterocycles. The molecule has 2 unspecified atom stereocenters. The molecule has 1 fully saturated rings. The molecule has 0 radical (unpaired) electrons. The zero-order chi connectivity index (χ0) is 14.0. The third kappa shape index (κ3) is 3.28. The first-order chi connectivity index (χ1) is 9.00. The van der Waals surface area contributed by atoms with E-state index in [-0.39, 0.29) is 22.9 Å². The van der Waals surface area contributed by atoms with Gasteiger partial charge in [-0.1, -0.05) is 24.1 Å². The molecule has 1 aliphatic rings. The van der Waals surface area contributed by atoms with E-state index in [0.29, 0.717) is 6.04 Å². The fraction of sp³-hybridized carbons (Fsp3) is 0.600. The van der Waals surface area contributed by atoms with Crippen LogP contribution in [0.3, 0.4) is 0 Å². The van der Waals surface area contributed by atoms with Gasteiger partial charge in [0.15, 0.2) is 0 Å². The highest BCUT2D eigenvalue weighted by Gasteiger charge is 2.30. The van der Waals surface area contributed by atoms with Gasteiger partial charge in [0.1, 0.15) is 5.82 Å². The second kappa shape index (κ2) is 6.21. The minimum atomic E-state index is -0.362. The highest BCUT2D eigenvalue weighted by atomic mass is 35.5. The van der Waals surface area contributed by atoms with E-state index in [0.717, 1.165) is 31.4 Å². The average molecular weight is 285 g/mol. The Labute approximate surface area is 119 Å². The van der Waals surface area contributed by atoms with Crippen molar-refractivity contribution in [2.75, 3.05) is 6.54 Å². The maximum atomic E-state index is 13.7. The number of benzene rings is 1. The molecule has 1 saturated heterocycles. The topological polar surface area (TPSA) is 29.3 Å². The molecule has 2 rings (SSSR count). The molecule has 1 aromatic rings. The molecule has 0 spiro atoms. The molecule has 4 heteroatoms. The van der Waals surface area contributed by atoms with E-state index in [1.165, 1.54) is 6.07 Å². The summed E-state index contributed by atoms with van der Waals surface area (Å²) in [7, 11) is 0. The van der Waals surface area contributed by atoms with Gasteiger partial charge in [0.2, 0.25) is 0 Å². The lowest BCUT2D eigenvalue weighted by atomic mass is 9.95. The first kappa shape index (κ1) is 14.8. The van der Waals surface area contributed by atoms with Gasteiger partial charge < -0.3 is 5.73 Å². The quantitative estimate of drug-likeness (QED) is 0.896. The lowest BCUT2D eigenvalue weighted by Crippen LogP contribution is -2.43. The number of nitrogens with two attached hydrogens (primary N) is 1. The number of likely N-dealkylation sites (tertiary alicyclic amines) is 1. The first-order valence-electron chi connectivity index (χ1n) is 6.97. The van der Waals surface area contributed by atoms with Crippen molar-refractivity contribution in [3.8, 4) is 0 Å². The Morgan fingerprint density at radius 1 is 1.37 bits per heavy atom. The predicted molar refractivity (Wildman–Crippen MR) is 77.8 cm³/mol. The molecule has 2 nitrogen and oxygen atoms in total. The third-order valence-corrected chi connectivity index (χ3v) is 4.22. The molecule has 106 valence electrons. The van der Waals surface area contributed by atoms with Crippen molar-refractivity contribution in [2.45, 2.75) is 51.2 Å². The van der Waals surface area contributed by atoms with Crippen LogP contribution >= 0.6 is 11.6 Å². The van der Waals surface area contributed by atoms with Crippen LogP contribution in [0.2, 0.25) is 5.02 Å². The van der Waals surface area contributed by atoms with E-state index in [1.807, 2.05) is 6.07 Å². The van der Waals surface area contributed by atoms with E-state index >= 15 is 0 Å². The molecule has 0 aliphatic carbocycles. The van der Waals surface area contributed by atoms with E-state index in [4.69, 9.17) is 17.3 Å². The highest BCUT2D eigenvalue weighted by Crippen LogP contribution is 2.32. The van der Waals surface area contributed by atoms with E-state index < -0.39 is 0 Å². The Balaban J connectivity index is 2.37. The van der Waals surface area contributed by atoms with E-state index in [1.54, 1.807) is 6.07 Å². The molecule has 1 aliphatic heterocycles. The molecule has 2 N–H and O–H groups in total. The fourth-order valence-electron chi connectivity index (χ4n) is 2.93. The Morgan fingerprint density at radius 2 is 2.11 bits per heavy atom. The molecule has 0 saturated carbocycles. The normalized spacial score (nSPS) is 25.6. The average Bonchev–Trinajstić information content (AvgIpc) is 2.55. The van der Waals surface area contributed by atoms with Crippen LogP contribution in [-0.4, -0.2) is 23.5 Å². The zero-order valence-corrected chi connectivity index (χ0v) is 12.3. The largest absolute Gasteiger partial charge is 0.326 e. The summed E-state index contributed by atoms with van der Waals surface area (Å²) < 4.78 is 13.7. The van der Waals surface area contributed by atoms with Gasteiger partial charge in [0.25, 0.3) is 0 Å². The fourth-order valence-corrected chi connectivity index (χ4v) is 3.05. The molecular weight excluding hydrogens is 263 g/mol. The van der Waals surface area contributed by atoms with Gasteiger partial charge in [0.05, 0.1) is 11.1 Å². The Morgan fingerprint density at radius 3 is 2.74 bits per heavy atom. The second-order valence-electron chi connectivity index (χ2n) is 5.61. The van der Waals surface area contributed by atoms with Crippen molar-refractivity contribution >= 4 is 11.6 Å². The van der Waals surface area contributed by atoms with Crippen molar-refractivity contribution < 1.29 is 4.39 Å². The molecule has 2 atom stereocenters. The minimum absolute atomic E-state index is 0.0467. The summed E-state index contributed by atoms with van der Waals surface area (Å²) in [4.78, 5) is 2.38. The predicted octanol–water partition coefficient (Wildman–Crippen LogP) is 3.74. The summed E-state index contributed by atoms with van der Waals surface area (Å²) in [5.74, 6) is -0.362. The third-order valence-electron chi connectivity index (χ3n) is 3.92. The van der Waals surface area contributed by atoms with Crippen LogP contribution in [0.4, 0.5) is 4.39 Å². The summed E-state index contributed by atoms with van der Waals surface area (Å²) >= 11 is 5.77. The zero-order valence-electron chi connectivity index (χ0n) is 11.6. The molecule has 1 aromatic carbocycles. The van der Waals surface area contributed by atoms with Crippen molar-refractivity contribution in [3.05, 3.63) is 34.6 Å². The van der Waals surface area contributed by atoms with Gasteiger partial charge in [-0.3, -0.25) is 4.90 Å². The van der Waals surface area contributed by atoms with Gasteiger partial charge in [-0.05, 0) is 50.9 Å². The Kier molecular flexibility index (Phi) is 4.82. The summed E-state index contributed by atoms with van der Waals surface area (Å²) in [6.07, 6.45) is 3.27. The minimum Gasteiger partial charge on any atom is -0.326 e. The number of hydrogen-bond acceptors (Lipinski definition) is 2. The Hall–Kier alpha value is -0.640. The summed E-state index contributed by atoms with van der Waals surface area (Å²) in [5, 5.41) is 0.169. The van der Waals surface area contributed by atoms with Crippen LogP contribution < -0.4 is 5.73 Å². The summed E-state index contributed by atoms with van der Waals surface area (Å²) in [6, 6.07) is 5.58. The monoisotopic (exact) mass is 284 g/mol. The molecular formula is C15H22ClFN2. The van der Waals surface area contributed by atoms with E-state index in [9.17, 15) is 4.39 Å². The SMILES string of the molecule is CC(C)N1CCCCC(N)C1c1ccc(Cl)c(F)c1. The van der Waals surface area contributed by atoms with Crippen LogP contribution in [0.5, 0.6) is 0 Å². The van der Waals surface area contributed by atoms with Crippen LogP contribution in [0, 0.1) is 5.82 Å². The number of hydrogen-bond donors (Lipinski definition) is 1. The van der Waals surface area contributed by atoms with Crippen molar-refractivity contribution in [1.29, 1.82) is 0 Å². The van der Waals surface area contributed by atoms with Gasteiger partial charge in [-0.15, -0.1) is 0 Å². The number of halogens is 2. The maximum Gasteiger partial charge on any atom is 0.142 e. The van der Waals surface area contributed by atoms with E-state index in [2.05, 4.69) is 18.7 Å². The van der Waals surface area contributed by atoms with Crippen LogP contribution in [-0.2, 0) is 0 Å². The Bertz CT molecular complexity index is 436. The van der Waals surface area contributed by atoms with Gasteiger partial charge in [-0.2, -0.15) is 0 Å². The molecule has 1 heterocycles. The lowest BCUT2D eigenvalue weighted by molar-refractivity contribution is 0.144. The summed E-state index contributed by atoms with van der Waals surface area (Å²) in [6.45, 7) is 5.34. The number of rotatable bonds is 2. The first-order valence-corrected chi connectivity index (χ1v) is 7.34. The smallest absolute Gasteiger partial charge is 0.142 e.